The van der Waals surface area contributed by atoms with Gasteiger partial charge < -0.3 is 0 Å². The minimum atomic E-state index is -1.69. The minimum absolute atomic E-state index is 0.0919. The molecular formula is C15H11Cl2FN4OS. The van der Waals surface area contributed by atoms with Crippen molar-refractivity contribution < 1.29 is 8.60 Å². The van der Waals surface area contributed by atoms with Crippen molar-refractivity contribution in [3.63, 3.8) is 0 Å². The fourth-order valence-electron chi connectivity index (χ4n) is 2.06. The Morgan fingerprint density at radius 2 is 2.00 bits per heavy atom. The van der Waals surface area contributed by atoms with E-state index in [0.717, 1.165) is 5.56 Å². The number of aryl methyl sites for hydroxylation is 1. The van der Waals surface area contributed by atoms with Gasteiger partial charge in [0.1, 0.15) is 5.82 Å². The smallest absolute Gasteiger partial charge is 0.244 e. The maximum atomic E-state index is 13.9. The van der Waals surface area contributed by atoms with Gasteiger partial charge in [0.15, 0.2) is 0 Å². The van der Waals surface area contributed by atoms with Crippen LogP contribution >= 0.6 is 23.2 Å². The molecule has 1 aromatic heterocycles. The van der Waals surface area contributed by atoms with Gasteiger partial charge in [-0.05, 0) is 47.2 Å². The van der Waals surface area contributed by atoms with Crippen molar-refractivity contribution >= 4 is 34.0 Å². The lowest BCUT2D eigenvalue weighted by atomic mass is 10.2. The quantitative estimate of drug-likeness (QED) is 0.687. The minimum Gasteiger partial charge on any atom is -0.251 e. The zero-order valence-electron chi connectivity index (χ0n) is 12.4. The summed E-state index contributed by atoms with van der Waals surface area (Å²) in [6.45, 7) is 1.87. The van der Waals surface area contributed by atoms with Gasteiger partial charge in [-0.15, -0.1) is 0 Å². The number of rotatable bonds is 4. The molecule has 0 N–H and O–H groups in total. The zero-order chi connectivity index (χ0) is 17.3. The van der Waals surface area contributed by atoms with Crippen LogP contribution < -0.4 is 0 Å². The molecule has 1 atom stereocenters. The monoisotopic (exact) mass is 384 g/mol. The molecule has 0 unspecified atom stereocenters. The van der Waals surface area contributed by atoms with E-state index in [2.05, 4.69) is 15.5 Å². The van der Waals surface area contributed by atoms with Crippen LogP contribution in [0.3, 0.4) is 0 Å². The average Bonchev–Trinajstić information content (AvgIpc) is 3.03. The molecule has 5 nitrogen and oxygen atoms in total. The van der Waals surface area contributed by atoms with E-state index in [1.165, 1.54) is 16.8 Å². The molecular weight excluding hydrogens is 374 g/mol. The number of halogens is 3. The van der Waals surface area contributed by atoms with E-state index in [9.17, 15) is 8.60 Å². The van der Waals surface area contributed by atoms with Crippen molar-refractivity contribution in [2.45, 2.75) is 17.8 Å². The van der Waals surface area contributed by atoms with Crippen molar-refractivity contribution in [2.24, 2.45) is 0 Å². The Bertz CT molecular complexity index is 911. The molecule has 124 valence electrons. The van der Waals surface area contributed by atoms with Gasteiger partial charge in [-0.1, -0.05) is 40.4 Å². The van der Waals surface area contributed by atoms with Crippen molar-refractivity contribution in [2.75, 3.05) is 0 Å². The highest BCUT2D eigenvalue weighted by Gasteiger charge is 2.19. The average molecular weight is 385 g/mol. The number of hydrogen-bond acceptors (Lipinski definition) is 4. The summed E-state index contributed by atoms with van der Waals surface area (Å²) >= 11 is 12.1. The van der Waals surface area contributed by atoms with Gasteiger partial charge in [-0.25, -0.2) is 4.39 Å². The number of nitrogens with zero attached hydrogens (tertiary/aromatic N) is 4. The van der Waals surface area contributed by atoms with Crippen LogP contribution in [0.25, 0.3) is 5.69 Å². The SMILES string of the molecule is Cc1ccc(-n2nnnc2[S@](=O)Cc2c(F)cccc2Cl)cc1Cl. The van der Waals surface area contributed by atoms with Crippen molar-refractivity contribution in [3.05, 3.63) is 63.4 Å². The predicted octanol–water partition coefficient (Wildman–Crippen LogP) is 3.72. The van der Waals surface area contributed by atoms with Gasteiger partial charge >= 0.3 is 0 Å². The third kappa shape index (κ3) is 3.33. The van der Waals surface area contributed by atoms with Crippen LogP contribution in [0.2, 0.25) is 10.0 Å². The topological polar surface area (TPSA) is 60.7 Å². The fourth-order valence-corrected chi connectivity index (χ4v) is 3.69. The largest absolute Gasteiger partial charge is 0.251 e. The lowest BCUT2D eigenvalue weighted by Gasteiger charge is -2.08. The molecule has 2 aromatic carbocycles. The van der Waals surface area contributed by atoms with Gasteiger partial charge in [-0.2, -0.15) is 4.68 Å². The first-order valence-electron chi connectivity index (χ1n) is 6.83. The molecule has 0 aliphatic carbocycles. The second-order valence-corrected chi connectivity index (χ2v) is 7.16. The molecule has 0 radical (unpaired) electrons. The Hall–Kier alpha value is -1.83. The number of aromatic nitrogens is 4. The Morgan fingerprint density at radius 1 is 1.21 bits per heavy atom. The molecule has 0 spiro atoms. The molecule has 0 aliphatic rings. The van der Waals surface area contributed by atoms with Crippen LogP contribution in [0.15, 0.2) is 41.6 Å². The predicted molar refractivity (Wildman–Crippen MR) is 90.4 cm³/mol. The molecule has 9 heteroatoms. The van der Waals surface area contributed by atoms with E-state index in [4.69, 9.17) is 23.2 Å². The molecule has 0 aliphatic heterocycles. The summed E-state index contributed by atoms with van der Waals surface area (Å²) in [5, 5.41) is 12.0. The second kappa shape index (κ2) is 6.96. The summed E-state index contributed by atoms with van der Waals surface area (Å²) < 4.78 is 27.8. The summed E-state index contributed by atoms with van der Waals surface area (Å²) in [4.78, 5) is 0. The summed E-state index contributed by atoms with van der Waals surface area (Å²) in [5.74, 6) is -0.654. The molecule has 0 amide bonds. The first-order valence-corrected chi connectivity index (χ1v) is 8.91. The summed E-state index contributed by atoms with van der Waals surface area (Å²) in [6.07, 6.45) is 0. The van der Waals surface area contributed by atoms with E-state index < -0.39 is 16.6 Å². The van der Waals surface area contributed by atoms with Crippen LogP contribution in [0.5, 0.6) is 0 Å². The summed E-state index contributed by atoms with van der Waals surface area (Å²) in [5.41, 5.74) is 1.63. The first-order chi connectivity index (χ1) is 11.5. The maximum absolute atomic E-state index is 13.9. The Kier molecular flexibility index (Phi) is 4.93. The van der Waals surface area contributed by atoms with E-state index in [1.807, 2.05) is 6.92 Å². The van der Waals surface area contributed by atoms with Crippen LogP contribution in [0.4, 0.5) is 4.39 Å². The lowest BCUT2D eigenvalue weighted by Crippen LogP contribution is -2.08. The highest BCUT2D eigenvalue weighted by Crippen LogP contribution is 2.24. The van der Waals surface area contributed by atoms with E-state index >= 15 is 0 Å². The Morgan fingerprint density at radius 3 is 2.71 bits per heavy atom. The zero-order valence-corrected chi connectivity index (χ0v) is 14.7. The molecule has 0 fully saturated rings. The van der Waals surface area contributed by atoms with Gasteiger partial charge in [0, 0.05) is 15.6 Å². The lowest BCUT2D eigenvalue weighted by molar-refractivity contribution is 0.614. The molecule has 1 heterocycles. The molecule has 0 bridgehead atoms. The van der Waals surface area contributed by atoms with Gasteiger partial charge in [0.2, 0.25) is 5.16 Å². The first kappa shape index (κ1) is 17.0. The van der Waals surface area contributed by atoms with E-state index in [0.29, 0.717) is 10.7 Å². The third-order valence-electron chi connectivity index (χ3n) is 3.38. The van der Waals surface area contributed by atoms with Crippen molar-refractivity contribution in [1.82, 2.24) is 20.2 Å². The van der Waals surface area contributed by atoms with Crippen LogP contribution in [0.1, 0.15) is 11.1 Å². The number of hydrogen-bond donors (Lipinski definition) is 0. The Balaban J connectivity index is 1.95. The summed E-state index contributed by atoms with van der Waals surface area (Å²) in [6, 6.07) is 9.53. The van der Waals surface area contributed by atoms with E-state index in [1.54, 1.807) is 24.3 Å². The van der Waals surface area contributed by atoms with Gasteiger partial charge in [0.25, 0.3) is 0 Å². The second-order valence-electron chi connectivity index (χ2n) is 5.00. The highest BCUT2D eigenvalue weighted by atomic mass is 35.5. The van der Waals surface area contributed by atoms with Crippen LogP contribution in [-0.2, 0) is 16.6 Å². The van der Waals surface area contributed by atoms with Gasteiger partial charge in [0.05, 0.1) is 22.2 Å². The maximum Gasteiger partial charge on any atom is 0.244 e. The third-order valence-corrected chi connectivity index (χ3v) is 5.36. The fraction of sp³-hybridized carbons (Fsp3) is 0.133. The molecule has 3 aromatic rings. The number of tetrazole rings is 1. The normalized spacial score (nSPS) is 12.3. The van der Waals surface area contributed by atoms with Crippen molar-refractivity contribution in [1.29, 1.82) is 0 Å². The van der Waals surface area contributed by atoms with Gasteiger partial charge in [-0.3, -0.25) is 4.21 Å². The highest BCUT2D eigenvalue weighted by molar-refractivity contribution is 7.84. The molecule has 0 saturated heterocycles. The van der Waals surface area contributed by atoms with E-state index in [-0.39, 0.29) is 21.5 Å². The van der Waals surface area contributed by atoms with Crippen molar-refractivity contribution in [3.8, 4) is 5.69 Å². The molecule has 0 saturated carbocycles. The Labute approximate surface area is 149 Å². The molecule has 3 rings (SSSR count). The van der Waals surface area contributed by atoms with Crippen LogP contribution in [-0.4, -0.2) is 24.4 Å². The van der Waals surface area contributed by atoms with Crippen LogP contribution in [0, 0.1) is 12.7 Å². The number of benzene rings is 2. The molecule has 24 heavy (non-hydrogen) atoms. The summed E-state index contributed by atoms with van der Waals surface area (Å²) in [7, 11) is -1.69. The standard InChI is InChI=1S/C15H11Cl2FN4OS/c1-9-5-6-10(7-13(9)17)22-15(19-20-21-22)24(23)8-11-12(16)3-2-4-14(11)18/h2-7H,8H2,1H3/t24-/m1/s1.